The Morgan fingerprint density at radius 2 is 1.38 bits per heavy atom. The van der Waals surface area contributed by atoms with Crippen LogP contribution in [0.1, 0.15) is 107 Å². The van der Waals surface area contributed by atoms with Crippen molar-refractivity contribution in [3.8, 4) is 0 Å². The van der Waals surface area contributed by atoms with Gasteiger partial charge in [0, 0.05) is 0 Å². The van der Waals surface area contributed by atoms with Crippen molar-refractivity contribution >= 4 is 5.97 Å². The molecule has 0 aliphatic heterocycles. The molecule has 5 nitrogen and oxygen atoms in total. The molecule has 0 amide bonds. The number of hydrogen-bond acceptors (Lipinski definition) is 4. The van der Waals surface area contributed by atoms with Gasteiger partial charge in [-0.3, -0.25) is 5.10 Å². The molecule has 0 fully saturated rings. The molecule has 0 spiro atoms. The third kappa shape index (κ3) is 11.2. The predicted octanol–water partition coefficient (Wildman–Crippen LogP) is 5.44. The van der Waals surface area contributed by atoms with Crippen LogP contribution in [0, 0.1) is 0 Å². The van der Waals surface area contributed by atoms with Crippen LogP contribution in [0.3, 0.4) is 0 Å². The Balaban J connectivity index is 1.74. The lowest BCUT2D eigenvalue weighted by Crippen LogP contribution is -2.06. The van der Waals surface area contributed by atoms with E-state index in [1.807, 2.05) is 0 Å². The first-order valence-electron chi connectivity index (χ1n) is 9.88. The van der Waals surface area contributed by atoms with Crippen LogP contribution in [0.4, 0.5) is 0 Å². The highest BCUT2D eigenvalue weighted by Crippen LogP contribution is 2.13. The summed E-state index contributed by atoms with van der Waals surface area (Å²) in [7, 11) is 0. The lowest BCUT2D eigenvalue weighted by atomic mass is 10.0. The monoisotopic (exact) mass is 337 g/mol. The van der Waals surface area contributed by atoms with E-state index in [9.17, 15) is 4.79 Å². The minimum absolute atomic E-state index is 0.250. The number of unbranched alkanes of at least 4 members (excludes halogenated alkanes) is 13. The van der Waals surface area contributed by atoms with Gasteiger partial charge in [0.25, 0.3) is 0 Å². The summed E-state index contributed by atoms with van der Waals surface area (Å²) >= 11 is 0. The van der Waals surface area contributed by atoms with Gasteiger partial charge in [0.2, 0.25) is 0 Å². The van der Waals surface area contributed by atoms with Crippen molar-refractivity contribution in [2.75, 3.05) is 6.61 Å². The van der Waals surface area contributed by atoms with E-state index in [0.29, 0.717) is 6.61 Å². The van der Waals surface area contributed by atoms with Crippen molar-refractivity contribution in [2.45, 2.75) is 96.8 Å². The van der Waals surface area contributed by atoms with Gasteiger partial charge in [-0.15, -0.1) is 5.10 Å². The zero-order valence-electron chi connectivity index (χ0n) is 15.4. The van der Waals surface area contributed by atoms with Crippen molar-refractivity contribution in [1.82, 2.24) is 15.4 Å². The number of rotatable bonds is 16. The Hall–Kier alpha value is -1.39. The normalized spacial score (nSPS) is 10.9. The average molecular weight is 338 g/mol. The first-order valence-corrected chi connectivity index (χ1v) is 9.88. The minimum atomic E-state index is -0.390. The van der Waals surface area contributed by atoms with Crippen molar-refractivity contribution in [3.63, 3.8) is 0 Å². The summed E-state index contributed by atoms with van der Waals surface area (Å²) in [6.45, 7) is 2.75. The van der Waals surface area contributed by atoms with E-state index in [0.717, 1.165) is 12.8 Å². The van der Waals surface area contributed by atoms with Crippen LogP contribution in [-0.4, -0.2) is 28.0 Å². The number of aromatic nitrogens is 3. The summed E-state index contributed by atoms with van der Waals surface area (Å²) < 4.78 is 5.13. The molecule has 0 unspecified atom stereocenters. The van der Waals surface area contributed by atoms with Gasteiger partial charge < -0.3 is 4.74 Å². The zero-order valence-corrected chi connectivity index (χ0v) is 15.4. The van der Waals surface area contributed by atoms with E-state index in [4.69, 9.17) is 4.74 Å². The molecule has 1 rings (SSSR count). The van der Waals surface area contributed by atoms with Crippen LogP contribution in [0.5, 0.6) is 0 Å². The van der Waals surface area contributed by atoms with Gasteiger partial charge in [0.05, 0.1) is 12.8 Å². The third-order valence-corrected chi connectivity index (χ3v) is 4.36. The minimum Gasteiger partial charge on any atom is -0.461 e. The number of carbonyl (C=O) groups is 1. The second kappa shape index (κ2) is 15.2. The molecule has 0 aliphatic carbocycles. The maximum Gasteiger partial charge on any atom is 0.360 e. The molecule has 1 aromatic heterocycles. The van der Waals surface area contributed by atoms with Gasteiger partial charge in [-0.1, -0.05) is 95.6 Å². The fourth-order valence-corrected chi connectivity index (χ4v) is 2.84. The Kier molecular flexibility index (Phi) is 13.0. The van der Waals surface area contributed by atoms with Crippen LogP contribution in [0.2, 0.25) is 0 Å². The largest absolute Gasteiger partial charge is 0.461 e. The summed E-state index contributed by atoms with van der Waals surface area (Å²) in [6.07, 6.45) is 20.0. The first-order chi connectivity index (χ1) is 11.8. The molecule has 0 saturated heterocycles. The highest BCUT2D eigenvalue weighted by Gasteiger charge is 2.09. The number of carbonyl (C=O) groups excluding carboxylic acids is 1. The van der Waals surface area contributed by atoms with E-state index in [-0.39, 0.29) is 5.69 Å². The number of ether oxygens (including phenoxy) is 1. The summed E-state index contributed by atoms with van der Waals surface area (Å²) in [6, 6.07) is 0. The van der Waals surface area contributed by atoms with Gasteiger partial charge in [0.1, 0.15) is 0 Å². The smallest absolute Gasteiger partial charge is 0.360 e. The van der Waals surface area contributed by atoms with Crippen LogP contribution in [-0.2, 0) is 4.74 Å². The summed E-state index contributed by atoms with van der Waals surface area (Å²) in [4.78, 5) is 11.5. The second-order valence-electron chi connectivity index (χ2n) is 6.59. The van der Waals surface area contributed by atoms with Crippen molar-refractivity contribution in [1.29, 1.82) is 0 Å². The molecule has 1 heterocycles. The quantitative estimate of drug-likeness (QED) is 0.322. The lowest BCUT2D eigenvalue weighted by molar-refractivity contribution is 0.0490. The van der Waals surface area contributed by atoms with Crippen molar-refractivity contribution in [3.05, 3.63) is 11.9 Å². The standard InChI is InChI=1S/C19H35N3O2/c1-2-3-4-5-6-7-8-9-10-11-12-13-14-15-16-24-19(23)18-17-20-22-21-18/h17H,2-16H2,1H3,(H,20,21,22). The zero-order chi connectivity index (χ0) is 17.3. The summed E-state index contributed by atoms with van der Waals surface area (Å²) in [5.74, 6) is -0.390. The molecule has 0 radical (unpaired) electrons. The van der Waals surface area contributed by atoms with E-state index in [1.165, 1.54) is 83.2 Å². The van der Waals surface area contributed by atoms with Gasteiger partial charge in [0.15, 0.2) is 5.69 Å². The molecule has 0 aromatic carbocycles. The fraction of sp³-hybridized carbons (Fsp3) is 0.842. The highest BCUT2D eigenvalue weighted by molar-refractivity contribution is 5.86. The topological polar surface area (TPSA) is 67.9 Å². The predicted molar refractivity (Wildman–Crippen MR) is 97.0 cm³/mol. The maximum atomic E-state index is 11.5. The number of aromatic amines is 1. The Labute approximate surface area is 146 Å². The van der Waals surface area contributed by atoms with Crippen LogP contribution >= 0.6 is 0 Å². The van der Waals surface area contributed by atoms with Gasteiger partial charge in [-0.05, 0) is 6.42 Å². The lowest BCUT2D eigenvalue weighted by Gasteiger charge is -2.04. The molecule has 0 aliphatic rings. The molecular formula is C19H35N3O2. The van der Waals surface area contributed by atoms with Gasteiger partial charge >= 0.3 is 5.97 Å². The van der Waals surface area contributed by atoms with Crippen LogP contribution < -0.4 is 0 Å². The van der Waals surface area contributed by atoms with Crippen molar-refractivity contribution < 1.29 is 9.53 Å². The molecule has 1 aromatic rings. The Morgan fingerprint density at radius 1 is 0.875 bits per heavy atom. The number of hydrogen-bond donors (Lipinski definition) is 1. The molecule has 1 N–H and O–H groups in total. The summed E-state index contributed by atoms with van der Waals surface area (Å²) in [5.41, 5.74) is 0.250. The molecule has 0 bridgehead atoms. The fourth-order valence-electron chi connectivity index (χ4n) is 2.84. The molecule has 24 heavy (non-hydrogen) atoms. The average Bonchev–Trinajstić information content (AvgIpc) is 3.13. The maximum absolute atomic E-state index is 11.5. The number of H-pyrrole nitrogens is 1. The van der Waals surface area contributed by atoms with Crippen LogP contribution in [0.25, 0.3) is 0 Å². The third-order valence-electron chi connectivity index (χ3n) is 4.36. The number of nitrogens with zero attached hydrogens (tertiary/aromatic N) is 2. The van der Waals surface area contributed by atoms with E-state index in [2.05, 4.69) is 22.3 Å². The molecule has 0 saturated carbocycles. The number of esters is 1. The number of nitrogens with one attached hydrogen (secondary N) is 1. The SMILES string of the molecule is CCCCCCCCCCCCCCCCOC(=O)c1c[nH]nn1. The first kappa shape index (κ1) is 20.7. The Morgan fingerprint density at radius 3 is 1.83 bits per heavy atom. The van der Waals surface area contributed by atoms with E-state index in [1.54, 1.807) is 0 Å². The van der Waals surface area contributed by atoms with Gasteiger partial charge in [-0.25, -0.2) is 4.79 Å². The second-order valence-corrected chi connectivity index (χ2v) is 6.59. The van der Waals surface area contributed by atoms with Crippen LogP contribution in [0.15, 0.2) is 6.20 Å². The molecule has 0 atom stereocenters. The summed E-state index contributed by atoms with van der Waals surface area (Å²) in [5, 5.41) is 9.62. The molecule has 138 valence electrons. The van der Waals surface area contributed by atoms with E-state index < -0.39 is 5.97 Å². The molecular weight excluding hydrogens is 302 g/mol. The van der Waals surface area contributed by atoms with Crippen molar-refractivity contribution in [2.24, 2.45) is 0 Å². The molecule has 5 heteroatoms. The van der Waals surface area contributed by atoms with E-state index >= 15 is 0 Å². The Bertz CT molecular complexity index is 393. The van der Waals surface area contributed by atoms with Gasteiger partial charge in [-0.2, -0.15) is 0 Å². The highest BCUT2D eigenvalue weighted by atomic mass is 16.5.